The van der Waals surface area contributed by atoms with Gasteiger partial charge < -0.3 is 4.74 Å². The fourth-order valence-electron chi connectivity index (χ4n) is 1.46. The van der Waals surface area contributed by atoms with Crippen LogP contribution in [0.15, 0.2) is 18.2 Å². The van der Waals surface area contributed by atoms with Crippen LogP contribution in [-0.2, 0) is 4.74 Å². The van der Waals surface area contributed by atoms with Crippen LogP contribution in [0.5, 0.6) is 0 Å². The Hall–Kier alpha value is -0.530. The SMILES string of the molecule is NNC(CCOCC(F)(F)F)c1ccc(Cl)c(Cl)c1. The van der Waals surface area contributed by atoms with Gasteiger partial charge in [-0.2, -0.15) is 13.2 Å². The molecule has 1 aromatic rings. The Morgan fingerprint density at radius 2 is 1.95 bits per heavy atom. The molecule has 0 fully saturated rings. The average molecular weight is 317 g/mol. The van der Waals surface area contributed by atoms with Crippen LogP contribution in [0.3, 0.4) is 0 Å². The summed E-state index contributed by atoms with van der Waals surface area (Å²) in [5.74, 6) is 5.36. The zero-order valence-corrected chi connectivity index (χ0v) is 11.3. The van der Waals surface area contributed by atoms with Crippen molar-refractivity contribution in [1.29, 1.82) is 0 Å². The van der Waals surface area contributed by atoms with Crippen LogP contribution in [0.4, 0.5) is 13.2 Å². The number of nitrogens with two attached hydrogens (primary N) is 1. The molecule has 8 heteroatoms. The van der Waals surface area contributed by atoms with Gasteiger partial charge in [0.2, 0.25) is 0 Å². The van der Waals surface area contributed by atoms with Crippen molar-refractivity contribution in [2.45, 2.75) is 18.6 Å². The molecule has 0 spiro atoms. The standard InChI is InChI=1S/C11H13Cl2F3N2O/c12-8-2-1-7(5-9(8)13)10(18-17)3-4-19-6-11(14,15)16/h1-2,5,10,18H,3-4,6,17H2. The molecule has 1 rings (SSSR count). The minimum absolute atomic E-state index is 0.0748. The van der Waals surface area contributed by atoms with Gasteiger partial charge in [0.15, 0.2) is 0 Å². The first kappa shape index (κ1) is 16.5. The van der Waals surface area contributed by atoms with E-state index in [1.807, 2.05) is 0 Å². The van der Waals surface area contributed by atoms with Gasteiger partial charge in [0, 0.05) is 12.6 Å². The lowest BCUT2D eigenvalue weighted by Gasteiger charge is -2.17. The van der Waals surface area contributed by atoms with Crippen LogP contribution in [0.1, 0.15) is 18.0 Å². The summed E-state index contributed by atoms with van der Waals surface area (Å²) in [6, 6.07) is 4.55. The third-order valence-corrected chi connectivity index (χ3v) is 3.10. The van der Waals surface area contributed by atoms with Crippen molar-refractivity contribution in [3.05, 3.63) is 33.8 Å². The third-order valence-electron chi connectivity index (χ3n) is 2.36. The van der Waals surface area contributed by atoms with Gasteiger partial charge >= 0.3 is 6.18 Å². The highest BCUT2D eigenvalue weighted by atomic mass is 35.5. The first-order valence-electron chi connectivity index (χ1n) is 5.39. The van der Waals surface area contributed by atoms with E-state index in [1.54, 1.807) is 18.2 Å². The molecule has 3 nitrogen and oxygen atoms in total. The number of hydrazine groups is 1. The highest BCUT2D eigenvalue weighted by Gasteiger charge is 2.27. The lowest BCUT2D eigenvalue weighted by molar-refractivity contribution is -0.174. The molecule has 1 unspecified atom stereocenters. The predicted octanol–water partition coefficient (Wildman–Crippen LogP) is 3.47. The van der Waals surface area contributed by atoms with Gasteiger partial charge in [0.1, 0.15) is 6.61 Å². The Morgan fingerprint density at radius 1 is 1.26 bits per heavy atom. The Bertz CT molecular complexity index is 415. The Balaban J connectivity index is 2.51. The van der Waals surface area contributed by atoms with Crippen molar-refractivity contribution >= 4 is 23.2 Å². The van der Waals surface area contributed by atoms with E-state index in [0.717, 1.165) is 5.56 Å². The quantitative estimate of drug-likeness (QED) is 0.480. The summed E-state index contributed by atoms with van der Waals surface area (Å²) < 4.78 is 40.2. The summed E-state index contributed by atoms with van der Waals surface area (Å²) in [6.45, 7) is -1.35. The second-order valence-corrected chi connectivity index (χ2v) is 4.66. The first-order chi connectivity index (χ1) is 8.83. The molecule has 0 bridgehead atoms. The molecule has 19 heavy (non-hydrogen) atoms. The lowest BCUT2D eigenvalue weighted by atomic mass is 10.1. The van der Waals surface area contributed by atoms with E-state index in [1.165, 1.54) is 0 Å². The number of nitrogens with one attached hydrogen (secondary N) is 1. The largest absolute Gasteiger partial charge is 0.411 e. The highest BCUT2D eigenvalue weighted by Crippen LogP contribution is 2.26. The minimum atomic E-state index is -4.32. The molecular formula is C11H13Cl2F3N2O. The number of ether oxygens (including phenoxy) is 1. The van der Waals surface area contributed by atoms with Crippen LogP contribution in [0.25, 0.3) is 0 Å². The summed E-state index contributed by atoms with van der Waals surface area (Å²) in [7, 11) is 0. The first-order valence-corrected chi connectivity index (χ1v) is 6.14. The molecular weight excluding hydrogens is 304 g/mol. The van der Waals surface area contributed by atoms with Gasteiger partial charge in [-0.25, -0.2) is 0 Å². The second-order valence-electron chi connectivity index (χ2n) is 3.85. The van der Waals surface area contributed by atoms with E-state index in [4.69, 9.17) is 29.0 Å². The normalized spacial score (nSPS) is 13.6. The topological polar surface area (TPSA) is 47.3 Å². The average Bonchev–Trinajstić information content (AvgIpc) is 2.32. The maximum atomic E-state index is 11.9. The van der Waals surface area contributed by atoms with Gasteiger partial charge in [-0.3, -0.25) is 11.3 Å². The molecule has 0 amide bonds. The monoisotopic (exact) mass is 316 g/mol. The molecule has 108 valence electrons. The molecule has 0 aromatic heterocycles. The summed E-state index contributed by atoms with van der Waals surface area (Å²) >= 11 is 11.6. The Labute approximate surface area is 118 Å². The fourth-order valence-corrected chi connectivity index (χ4v) is 1.77. The fraction of sp³-hybridized carbons (Fsp3) is 0.455. The molecule has 0 radical (unpaired) electrons. The zero-order valence-electron chi connectivity index (χ0n) is 9.81. The third kappa shape index (κ3) is 5.97. The maximum absolute atomic E-state index is 11.9. The van der Waals surface area contributed by atoms with Gasteiger partial charge in [-0.15, -0.1) is 0 Å². The molecule has 0 heterocycles. The smallest absolute Gasteiger partial charge is 0.372 e. The number of halogens is 5. The van der Waals surface area contributed by atoms with Crippen molar-refractivity contribution in [2.24, 2.45) is 5.84 Å². The molecule has 0 aliphatic heterocycles. The van der Waals surface area contributed by atoms with Crippen LogP contribution >= 0.6 is 23.2 Å². The summed E-state index contributed by atoms with van der Waals surface area (Å²) in [5, 5.41) is 0.755. The summed E-state index contributed by atoms with van der Waals surface area (Å²) in [5.41, 5.74) is 3.23. The Morgan fingerprint density at radius 3 is 2.47 bits per heavy atom. The van der Waals surface area contributed by atoms with Gasteiger partial charge in [-0.05, 0) is 24.1 Å². The molecule has 0 aliphatic rings. The minimum Gasteiger partial charge on any atom is -0.372 e. The molecule has 3 N–H and O–H groups in total. The van der Waals surface area contributed by atoms with E-state index < -0.39 is 12.8 Å². The van der Waals surface area contributed by atoms with E-state index in [-0.39, 0.29) is 19.1 Å². The molecule has 1 atom stereocenters. The van der Waals surface area contributed by atoms with E-state index in [0.29, 0.717) is 10.0 Å². The zero-order chi connectivity index (χ0) is 14.5. The van der Waals surface area contributed by atoms with Crippen molar-refractivity contribution in [3.8, 4) is 0 Å². The van der Waals surface area contributed by atoms with Crippen molar-refractivity contribution < 1.29 is 17.9 Å². The van der Waals surface area contributed by atoms with E-state index >= 15 is 0 Å². The van der Waals surface area contributed by atoms with E-state index in [2.05, 4.69) is 10.2 Å². The van der Waals surface area contributed by atoms with Crippen LogP contribution in [-0.4, -0.2) is 19.4 Å². The van der Waals surface area contributed by atoms with Crippen LogP contribution in [0, 0.1) is 0 Å². The Kier molecular flexibility index (Phi) is 6.35. The number of hydrogen-bond acceptors (Lipinski definition) is 3. The second kappa shape index (κ2) is 7.31. The van der Waals surface area contributed by atoms with E-state index in [9.17, 15) is 13.2 Å². The van der Waals surface area contributed by atoms with Gasteiger partial charge in [-0.1, -0.05) is 29.3 Å². The molecule has 0 saturated heterocycles. The maximum Gasteiger partial charge on any atom is 0.411 e. The van der Waals surface area contributed by atoms with Crippen molar-refractivity contribution in [1.82, 2.24) is 5.43 Å². The van der Waals surface area contributed by atoms with Gasteiger partial charge in [0.05, 0.1) is 10.0 Å². The number of rotatable bonds is 6. The molecule has 1 aromatic carbocycles. The van der Waals surface area contributed by atoms with Crippen molar-refractivity contribution in [3.63, 3.8) is 0 Å². The molecule has 0 saturated carbocycles. The van der Waals surface area contributed by atoms with Crippen LogP contribution in [0.2, 0.25) is 10.0 Å². The molecule has 0 aliphatic carbocycles. The van der Waals surface area contributed by atoms with Crippen LogP contribution < -0.4 is 11.3 Å². The predicted molar refractivity (Wildman–Crippen MR) is 68.0 cm³/mol. The summed E-state index contributed by atoms with van der Waals surface area (Å²) in [6.07, 6.45) is -4.04. The van der Waals surface area contributed by atoms with Gasteiger partial charge in [0.25, 0.3) is 0 Å². The van der Waals surface area contributed by atoms with Crippen molar-refractivity contribution in [2.75, 3.05) is 13.2 Å². The lowest BCUT2D eigenvalue weighted by Crippen LogP contribution is -2.29. The number of benzene rings is 1. The number of hydrogen-bond donors (Lipinski definition) is 2. The number of alkyl halides is 3. The highest BCUT2D eigenvalue weighted by molar-refractivity contribution is 6.42. The summed E-state index contributed by atoms with van der Waals surface area (Å²) in [4.78, 5) is 0.